The summed E-state index contributed by atoms with van der Waals surface area (Å²) in [6.07, 6.45) is 0.360. The number of aliphatic hydroxyl groups is 1. The maximum atomic E-state index is 10.6. The summed E-state index contributed by atoms with van der Waals surface area (Å²) >= 11 is 0. The van der Waals surface area contributed by atoms with Gasteiger partial charge >= 0.3 is 5.97 Å². The number of methoxy groups -OCH3 is 1. The molecule has 2 N–H and O–H groups in total. The third kappa shape index (κ3) is 7.74. The van der Waals surface area contributed by atoms with Crippen molar-refractivity contribution in [3.8, 4) is 0 Å². The van der Waals surface area contributed by atoms with Crippen LogP contribution in [-0.2, 0) is 9.53 Å². The zero-order chi connectivity index (χ0) is 10.3. The SMILES string of the molecule is COC(=O)CNCC(O)CC(C)C. The van der Waals surface area contributed by atoms with Gasteiger partial charge in [0.05, 0.1) is 19.8 Å². The molecule has 0 saturated heterocycles. The lowest BCUT2D eigenvalue weighted by molar-refractivity contribution is -0.139. The molecule has 0 aliphatic heterocycles. The van der Waals surface area contributed by atoms with Gasteiger partial charge in [-0.15, -0.1) is 0 Å². The Labute approximate surface area is 79.3 Å². The van der Waals surface area contributed by atoms with E-state index < -0.39 is 0 Å². The molecular weight excluding hydrogens is 170 g/mol. The van der Waals surface area contributed by atoms with Crippen LogP contribution in [0.4, 0.5) is 0 Å². The van der Waals surface area contributed by atoms with Gasteiger partial charge in [0.1, 0.15) is 0 Å². The van der Waals surface area contributed by atoms with E-state index in [2.05, 4.69) is 10.1 Å². The van der Waals surface area contributed by atoms with Crippen molar-refractivity contribution < 1.29 is 14.6 Å². The van der Waals surface area contributed by atoms with Crippen LogP contribution in [0, 0.1) is 5.92 Å². The second-order valence-electron chi connectivity index (χ2n) is 3.49. The average Bonchev–Trinajstić information content (AvgIpc) is 2.02. The molecule has 0 spiro atoms. The molecule has 0 bridgehead atoms. The standard InChI is InChI=1S/C9H19NO3/c1-7(2)4-8(11)5-10-6-9(12)13-3/h7-8,10-11H,4-6H2,1-3H3. The Kier molecular flexibility index (Phi) is 6.54. The second kappa shape index (κ2) is 6.86. The number of rotatable bonds is 6. The quantitative estimate of drug-likeness (QED) is 0.584. The minimum absolute atomic E-state index is 0.158. The summed E-state index contributed by atoms with van der Waals surface area (Å²) in [7, 11) is 1.34. The highest BCUT2D eigenvalue weighted by atomic mass is 16.5. The number of hydrogen-bond acceptors (Lipinski definition) is 4. The normalized spacial score (nSPS) is 13.0. The van der Waals surface area contributed by atoms with Crippen LogP contribution in [0.5, 0.6) is 0 Å². The van der Waals surface area contributed by atoms with Crippen LogP contribution in [0.2, 0.25) is 0 Å². The van der Waals surface area contributed by atoms with E-state index in [4.69, 9.17) is 0 Å². The van der Waals surface area contributed by atoms with Gasteiger partial charge in [0, 0.05) is 6.54 Å². The van der Waals surface area contributed by atoms with Crippen molar-refractivity contribution in [3.05, 3.63) is 0 Å². The summed E-state index contributed by atoms with van der Waals surface area (Å²) in [6.45, 7) is 4.69. The van der Waals surface area contributed by atoms with Crippen molar-refractivity contribution >= 4 is 5.97 Å². The van der Waals surface area contributed by atoms with Crippen LogP contribution < -0.4 is 5.32 Å². The molecule has 0 radical (unpaired) electrons. The van der Waals surface area contributed by atoms with Crippen molar-refractivity contribution in [1.29, 1.82) is 0 Å². The molecule has 78 valence electrons. The summed E-state index contributed by atoms with van der Waals surface area (Å²) in [5.74, 6) is 0.159. The third-order valence-electron chi connectivity index (χ3n) is 1.62. The molecule has 4 heteroatoms. The van der Waals surface area contributed by atoms with Gasteiger partial charge in [0.15, 0.2) is 0 Å². The summed E-state index contributed by atoms with van der Waals surface area (Å²) in [6, 6.07) is 0. The van der Waals surface area contributed by atoms with Crippen molar-refractivity contribution in [3.63, 3.8) is 0 Å². The highest BCUT2D eigenvalue weighted by molar-refractivity contribution is 5.71. The van der Waals surface area contributed by atoms with Gasteiger partial charge in [0.2, 0.25) is 0 Å². The van der Waals surface area contributed by atoms with E-state index in [1.54, 1.807) is 0 Å². The summed E-state index contributed by atoms with van der Waals surface area (Å²) < 4.78 is 4.43. The Bertz CT molecular complexity index is 148. The van der Waals surface area contributed by atoms with E-state index in [9.17, 15) is 9.90 Å². The Balaban J connectivity index is 3.36. The highest BCUT2D eigenvalue weighted by Gasteiger charge is 2.07. The van der Waals surface area contributed by atoms with Gasteiger partial charge in [-0.2, -0.15) is 0 Å². The number of esters is 1. The van der Waals surface area contributed by atoms with Crippen LogP contribution in [-0.4, -0.2) is 37.4 Å². The summed E-state index contributed by atoms with van der Waals surface area (Å²) in [5, 5.41) is 12.2. The number of hydrogen-bond donors (Lipinski definition) is 2. The van der Waals surface area contributed by atoms with Gasteiger partial charge in [0.25, 0.3) is 0 Å². The van der Waals surface area contributed by atoms with Crippen LogP contribution in [0.1, 0.15) is 20.3 Å². The molecular formula is C9H19NO3. The molecule has 0 amide bonds. The minimum Gasteiger partial charge on any atom is -0.468 e. The fraction of sp³-hybridized carbons (Fsp3) is 0.889. The molecule has 13 heavy (non-hydrogen) atoms. The maximum Gasteiger partial charge on any atom is 0.319 e. The second-order valence-corrected chi connectivity index (χ2v) is 3.49. The monoisotopic (exact) mass is 189 g/mol. The minimum atomic E-state index is -0.385. The summed E-state index contributed by atoms with van der Waals surface area (Å²) in [4.78, 5) is 10.6. The lowest BCUT2D eigenvalue weighted by atomic mass is 10.1. The molecule has 0 saturated carbocycles. The first-order chi connectivity index (χ1) is 6.06. The molecule has 1 atom stereocenters. The van der Waals surface area contributed by atoms with E-state index in [-0.39, 0.29) is 18.6 Å². The van der Waals surface area contributed by atoms with Crippen LogP contribution in [0.15, 0.2) is 0 Å². The van der Waals surface area contributed by atoms with E-state index in [0.29, 0.717) is 12.5 Å². The van der Waals surface area contributed by atoms with E-state index in [1.165, 1.54) is 7.11 Å². The molecule has 1 unspecified atom stereocenters. The zero-order valence-corrected chi connectivity index (χ0v) is 8.54. The molecule has 0 aromatic heterocycles. The molecule has 4 nitrogen and oxygen atoms in total. The van der Waals surface area contributed by atoms with Crippen molar-refractivity contribution in [2.24, 2.45) is 5.92 Å². The molecule has 0 fully saturated rings. The first-order valence-corrected chi connectivity index (χ1v) is 4.51. The summed E-state index contributed by atoms with van der Waals surface area (Å²) in [5.41, 5.74) is 0. The predicted octanol–water partition coefficient (Wildman–Crippen LogP) is 0.156. The van der Waals surface area contributed by atoms with E-state index in [0.717, 1.165) is 6.42 Å². The Morgan fingerprint density at radius 3 is 2.62 bits per heavy atom. The van der Waals surface area contributed by atoms with Crippen molar-refractivity contribution in [2.75, 3.05) is 20.2 Å². The maximum absolute atomic E-state index is 10.6. The predicted molar refractivity (Wildman–Crippen MR) is 50.3 cm³/mol. The lowest BCUT2D eigenvalue weighted by Crippen LogP contribution is -2.32. The van der Waals surface area contributed by atoms with E-state index in [1.807, 2.05) is 13.8 Å². The first-order valence-electron chi connectivity index (χ1n) is 4.51. The number of aliphatic hydroxyl groups excluding tert-OH is 1. The molecule has 0 aliphatic rings. The molecule has 0 aliphatic carbocycles. The molecule has 0 aromatic carbocycles. The average molecular weight is 189 g/mol. The topological polar surface area (TPSA) is 58.6 Å². The van der Waals surface area contributed by atoms with Crippen LogP contribution >= 0.6 is 0 Å². The van der Waals surface area contributed by atoms with Crippen molar-refractivity contribution in [1.82, 2.24) is 5.32 Å². The van der Waals surface area contributed by atoms with Gasteiger partial charge in [-0.25, -0.2) is 0 Å². The van der Waals surface area contributed by atoms with Gasteiger partial charge in [-0.3, -0.25) is 4.79 Å². The fourth-order valence-corrected chi connectivity index (χ4v) is 1.04. The fourth-order valence-electron chi connectivity index (χ4n) is 1.04. The van der Waals surface area contributed by atoms with Gasteiger partial charge in [-0.1, -0.05) is 13.8 Å². The van der Waals surface area contributed by atoms with E-state index >= 15 is 0 Å². The Hall–Kier alpha value is -0.610. The van der Waals surface area contributed by atoms with Gasteiger partial charge in [-0.05, 0) is 12.3 Å². The Morgan fingerprint density at radius 2 is 2.15 bits per heavy atom. The molecule has 0 heterocycles. The zero-order valence-electron chi connectivity index (χ0n) is 8.54. The molecule has 0 rings (SSSR count). The lowest BCUT2D eigenvalue weighted by Gasteiger charge is -2.12. The Morgan fingerprint density at radius 1 is 1.54 bits per heavy atom. The number of carbonyl (C=O) groups is 1. The number of carbonyl (C=O) groups excluding carboxylic acids is 1. The van der Waals surface area contributed by atoms with Crippen molar-refractivity contribution in [2.45, 2.75) is 26.4 Å². The molecule has 0 aromatic rings. The smallest absolute Gasteiger partial charge is 0.319 e. The van der Waals surface area contributed by atoms with Crippen LogP contribution in [0.25, 0.3) is 0 Å². The number of ether oxygens (including phenoxy) is 1. The van der Waals surface area contributed by atoms with Gasteiger partial charge < -0.3 is 15.2 Å². The number of nitrogens with one attached hydrogen (secondary N) is 1. The van der Waals surface area contributed by atoms with Crippen LogP contribution in [0.3, 0.4) is 0 Å². The highest BCUT2D eigenvalue weighted by Crippen LogP contribution is 2.02. The largest absolute Gasteiger partial charge is 0.468 e. The third-order valence-corrected chi connectivity index (χ3v) is 1.62. The first kappa shape index (κ1) is 12.4.